The summed E-state index contributed by atoms with van der Waals surface area (Å²) in [5.41, 5.74) is -0.347. The normalized spacial score (nSPS) is 17.7. The Hall–Kier alpha value is -2.35. The molecule has 1 unspecified atom stereocenters. The van der Waals surface area contributed by atoms with E-state index in [-0.39, 0.29) is 11.7 Å². The Morgan fingerprint density at radius 3 is 2.68 bits per heavy atom. The lowest BCUT2D eigenvalue weighted by Crippen LogP contribution is -2.37. The number of hydrogen-bond donors (Lipinski definition) is 2. The van der Waals surface area contributed by atoms with Crippen molar-refractivity contribution in [1.29, 1.82) is 0 Å². The molecule has 1 aliphatic rings. The van der Waals surface area contributed by atoms with E-state index in [4.69, 9.17) is 0 Å². The third-order valence-corrected chi connectivity index (χ3v) is 4.23. The molecule has 25 heavy (non-hydrogen) atoms. The van der Waals surface area contributed by atoms with E-state index in [1.54, 1.807) is 24.3 Å². The average molecular weight is 352 g/mol. The summed E-state index contributed by atoms with van der Waals surface area (Å²) in [5, 5.41) is 9.56. The molecule has 1 aromatic heterocycles. The van der Waals surface area contributed by atoms with Crippen LogP contribution in [0.2, 0.25) is 0 Å². The van der Waals surface area contributed by atoms with E-state index < -0.39 is 23.3 Å². The van der Waals surface area contributed by atoms with Crippen LogP contribution < -0.4 is 10.6 Å². The summed E-state index contributed by atoms with van der Waals surface area (Å²) >= 11 is 0. The molecule has 134 valence electrons. The van der Waals surface area contributed by atoms with Gasteiger partial charge in [0.1, 0.15) is 0 Å². The van der Waals surface area contributed by atoms with Crippen LogP contribution in [0.4, 0.5) is 13.2 Å². The highest BCUT2D eigenvalue weighted by atomic mass is 19.4. The number of alkyl halides is 3. The highest BCUT2D eigenvalue weighted by molar-refractivity contribution is 5.95. The molecular weight excluding hydrogens is 333 g/mol. The maximum absolute atomic E-state index is 13.6. The van der Waals surface area contributed by atoms with Crippen LogP contribution in [0.1, 0.15) is 34.5 Å². The van der Waals surface area contributed by atoms with Crippen LogP contribution in [-0.4, -0.2) is 34.8 Å². The average Bonchev–Trinajstić information content (AvgIpc) is 3.22. The summed E-state index contributed by atoms with van der Waals surface area (Å²) in [6, 6.07) is 6.58. The Balaban J connectivity index is 1.88. The first-order valence-corrected chi connectivity index (χ1v) is 8.10. The van der Waals surface area contributed by atoms with Crippen LogP contribution in [0.15, 0.2) is 30.5 Å². The van der Waals surface area contributed by atoms with Gasteiger partial charge in [-0.15, -0.1) is 0 Å². The topological polar surface area (TPSA) is 59.0 Å². The zero-order valence-corrected chi connectivity index (χ0v) is 13.7. The predicted molar refractivity (Wildman–Crippen MR) is 86.7 cm³/mol. The molecular formula is C17H19F3N4O. The number of carbonyl (C=O) groups excluding carboxylic acids is 1. The molecule has 2 aromatic rings. The minimum absolute atomic E-state index is 0.102. The molecule has 1 saturated heterocycles. The van der Waals surface area contributed by atoms with Crippen molar-refractivity contribution in [2.24, 2.45) is 0 Å². The molecule has 0 saturated carbocycles. The second kappa shape index (κ2) is 6.87. The number of hydrogen-bond acceptors (Lipinski definition) is 3. The molecule has 8 heteroatoms. The maximum atomic E-state index is 13.6. The Morgan fingerprint density at radius 2 is 2.08 bits per heavy atom. The molecule has 1 aliphatic heterocycles. The maximum Gasteiger partial charge on any atom is 0.434 e. The summed E-state index contributed by atoms with van der Waals surface area (Å²) in [6.07, 6.45) is -1.82. The zero-order valence-electron chi connectivity index (χ0n) is 13.7. The largest absolute Gasteiger partial charge is 0.434 e. The molecule has 0 bridgehead atoms. The van der Waals surface area contributed by atoms with E-state index in [2.05, 4.69) is 15.7 Å². The first-order chi connectivity index (χ1) is 11.9. The van der Waals surface area contributed by atoms with Gasteiger partial charge >= 0.3 is 6.18 Å². The molecule has 2 heterocycles. The molecule has 0 spiro atoms. The highest BCUT2D eigenvalue weighted by Crippen LogP contribution is 2.33. The van der Waals surface area contributed by atoms with Crippen molar-refractivity contribution in [1.82, 2.24) is 20.4 Å². The lowest BCUT2D eigenvalue weighted by Gasteiger charge is -2.14. The van der Waals surface area contributed by atoms with Gasteiger partial charge in [0.15, 0.2) is 5.69 Å². The lowest BCUT2D eigenvalue weighted by molar-refractivity contribution is -0.143. The molecule has 5 nitrogen and oxygen atoms in total. The number of rotatable bonds is 4. The summed E-state index contributed by atoms with van der Waals surface area (Å²) in [6.45, 7) is 3.00. The lowest BCUT2D eigenvalue weighted by atomic mass is 10.2. The van der Waals surface area contributed by atoms with Crippen LogP contribution in [0, 0.1) is 6.92 Å². The van der Waals surface area contributed by atoms with E-state index >= 15 is 0 Å². The second-order valence-electron chi connectivity index (χ2n) is 6.16. The Morgan fingerprint density at radius 1 is 1.36 bits per heavy atom. The number of halogens is 3. The number of aryl methyl sites for hydroxylation is 1. The first kappa shape index (κ1) is 17.5. The third kappa shape index (κ3) is 3.84. The third-order valence-electron chi connectivity index (χ3n) is 4.23. The van der Waals surface area contributed by atoms with Crippen molar-refractivity contribution in [2.75, 3.05) is 13.1 Å². The minimum atomic E-state index is -4.69. The Kier molecular flexibility index (Phi) is 4.80. The van der Waals surface area contributed by atoms with E-state index in [9.17, 15) is 18.0 Å². The molecule has 0 aliphatic carbocycles. The molecule has 1 fully saturated rings. The monoisotopic (exact) mass is 352 g/mol. The van der Waals surface area contributed by atoms with Crippen LogP contribution in [0.25, 0.3) is 5.69 Å². The van der Waals surface area contributed by atoms with Crippen molar-refractivity contribution in [3.8, 4) is 5.69 Å². The van der Waals surface area contributed by atoms with Crippen LogP contribution in [0.5, 0.6) is 0 Å². The number of benzene rings is 1. The van der Waals surface area contributed by atoms with Gasteiger partial charge < -0.3 is 10.6 Å². The quantitative estimate of drug-likeness (QED) is 0.890. The number of amides is 1. The molecule has 3 rings (SSSR count). The van der Waals surface area contributed by atoms with E-state index in [0.717, 1.165) is 35.8 Å². The van der Waals surface area contributed by atoms with Gasteiger partial charge in [-0.25, -0.2) is 4.68 Å². The van der Waals surface area contributed by atoms with Gasteiger partial charge in [0, 0.05) is 12.6 Å². The van der Waals surface area contributed by atoms with Crippen molar-refractivity contribution >= 4 is 5.91 Å². The summed E-state index contributed by atoms with van der Waals surface area (Å²) in [5.74, 6) is -0.764. The summed E-state index contributed by atoms with van der Waals surface area (Å²) in [7, 11) is 0. The van der Waals surface area contributed by atoms with Gasteiger partial charge in [0.05, 0.1) is 17.4 Å². The second-order valence-corrected chi connectivity index (χ2v) is 6.16. The van der Waals surface area contributed by atoms with Crippen LogP contribution in [0.3, 0.4) is 0 Å². The van der Waals surface area contributed by atoms with E-state index in [1.165, 1.54) is 0 Å². The zero-order chi connectivity index (χ0) is 18.0. The first-order valence-electron chi connectivity index (χ1n) is 8.10. The molecule has 2 N–H and O–H groups in total. The number of carbonyl (C=O) groups is 1. The Bertz CT molecular complexity index is 746. The SMILES string of the molecule is Cc1ccc(-n2ncc(C(=O)NCC3CCCN3)c2C(F)(F)F)cc1. The minimum Gasteiger partial charge on any atom is -0.350 e. The van der Waals surface area contributed by atoms with Crippen LogP contribution in [-0.2, 0) is 6.18 Å². The molecule has 1 aromatic carbocycles. The van der Waals surface area contributed by atoms with E-state index in [1.807, 2.05) is 6.92 Å². The van der Waals surface area contributed by atoms with Gasteiger partial charge in [-0.05, 0) is 38.4 Å². The van der Waals surface area contributed by atoms with Gasteiger partial charge in [0.25, 0.3) is 5.91 Å². The van der Waals surface area contributed by atoms with Crippen molar-refractivity contribution in [2.45, 2.75) is 32.0 Å². The number of nitrogens with zero attached hydrogens (tertiary/aromatic N) is 2. The van der Waals surface area contributed by atoms with Crippen molar-refractivity contribution in [3.63, 3.8) is 0 Å². The fourth-order valence-electron chi connectivity index (χ4n) is 2.91. The van der Waals surface area contributed by atoms with Gasteiger partial charge in [-0.3, -0.25) is 4.79 Å². The smallest absolute Gasteiger partial charge is 0.350 e. The standard InChI is InChI=1S/C17H19F3N4O/c1-11-4-6-13(7-5-11)24-15(17(18,19)20)14(10-23-24)16(25)22-9-12-3-2-8-21-12/h4-7,10,12,21H,2-3,8-9H2,1H3,(H,22,25). The van der Waals surface area contributed by atoms with Crippen LogP contribution >= 0.6 is 0 Å². The van der Waals surface area contributed by atoms with Crippen molar-refractivity contribution < 1.29 is 18.0 Å². The molecule has 1 atom stereocenters. The van der Waals surface area contributed by atoms with Gasteiger partial charge in [-0.2, -0.15) is 18.3 Å². The summed E-state index contributed by atoms with van der Waals surface area (Å²) < 4.78 is 41.4. The van der Waals surface area contributed by atoms with Gasteiger partial charge in [0.2, 0.25) is 0 Å². The van der Waals surface area contributed by atoms with Gasteiger partial charge in [-0.1, -0.05) is 17.7 Å². The number of aromatic nitrogens is 2. The van der Waals surface area contributed by atoms with E-state index in [0.29, 0.717) is 6.54 Å². The fraction of sp³-hybridized carbons (Fsp3) is 0.412. The highest BCUT2D eigenvalue weighted by Gasteiger charge is 2.40. The molecule has 1 amide bonds. The number of nitrogens with one attached hydrogen (secondary N) is 2. The summed E-state index contributed by atoms with van der Waals surface area (Å²) in [4.78, 5) is 12.3. The fourth-order valence-corrected chi connectivity index (χ4v) is 2.91. The van der Waals surface area contributed by atoms with Crippen molar-refractivity contribution in [3.05, 3.63) is 47.3 Å². The molecule has 0 radical (unpaired) electrons. The Labute approximate surface area is 143 Å². The predicted octanol–water partition coefficient (Wildman–Crippen LogP) is 2.68.